The largest absolute Gasteiger partial charge is 0.314 e. The molecule has 94 valence electrons. The summed E-state index contributed by atoms with van der Waals surface area (Å²) in [4.78, 5) is 2.45. The highest BCUT2D eigenvalue weighted by molar-refractivity contribution is 9.10. The molecule has 0 saturated carbocycles. The number of nitrogens with zero attached hydrogens (tertiary/aromatic N) is 1. The Morgan fingerprint density at radius 1 is 1.35 bits per heavy atom. The summed E-state index contributed by atoms with van der Waals surface area (Å²) < 4.78 is 14.0. The summed E-state index contributed by atoms with van der Waals surface area (Å²) in [7, 11) is 0. The highest BCUT2D eigenvalue weighted by Gasteiger charge is 2.10. The molecule has 1 saturated heterocycles. The SMILES string of the molecule is Cc1cc(CCN2CCNCC2)cc(Br)c1F. The van der Waals surface area contributed by atoms with Crippen molar-refractivity contribution < 1.29 is 4.39 Å². The van der Waals surface area contributed by atoms with Gasteiger partial charge in [-0.1, -0.05) is 6.07 Å². The van der Waals surface area contributed by atoms with E-state index in [4.69, 9.17) is 0 Å². The van der Waals surface area contributed by atoms with Gasteiger partial charge in [0.05, 0.1) is 4.47 Å². The summed E-state index contributed by atoms with van der Waals surface area (Å²) in [6.07, 6.45) is 0.986. The van der Waals surface area contributed by atoms with Crippen LogP contribution in [0.4, 0.5) is 4.39 Å². The van der Waals surface area contributed by atoms with E-state index in [1.165, 1.54) is 5.56 Å². The van der Waals surface area contributed by atoms with Gasteiger partial charge in [-0.2, -0.15) is 0 Å². The van der Waals surface area contributed by atoms with Crippen molar-refractivity contribution in [1.82, 2.24) is 10.2 Å². The van der Waals surface area contributed by atoms with E-state index in [0.29, 0.717) is 4.47 Å². The number of halogens is 2. The number of piperazine rings is 1. The third-order valence-electron chi connectivity index (χ3n) is 3.20. The summed E-state index contributed by atoms with van der Waals surface area (Å²) in [6.45, 7) is 7.24. The summed E-state index contributed by atoms with van der Waals surface area (Å²) >= 11 is 3.26. The number of hydrogen-bond acceptors (Lipinski definition) is 2. The van der Waals surface area contributed by atoms with Gasteiger partial charge in [0.25, 0.3) is 0 Å². The Bertz CT molecular complexity index is 366. The monoisotopic (exact) mass is 300 g/mol. The van der Waals surface area contributed by atoms with E-state index in [1.54, 1.807) is 0 Å². The van der Waals surface area contributed by atoms with E-state index in [9.17, 15) is 4.39 Å². The van der Waals surface area contributed by atoms with Gasteiger partial charge in [0, 0.05) is 32.7 Å². The third-order valence-corrected chi connectivity index (χ3v) is 3.77. The normalized spacial score (nSPS) is 17.4. The Labute approximate surface area is 110 Å². The first-order valence-corrected chi connectivity index (χ1v) is 6.84. The van der Waals surface area contributed by atoms with Crippen LogP contribution >= 0.6 is 15.9 Å². The lowest BCUT2D eigenvalue weighted by atomic mass is 10.1. The average Bonchev–Trinajstić information content (AvgIpc) is 2.34. The zero-order valence-electron chi connectivity index (χ0n) is 10.1. The van der Waals surface area contributed by atoms with Gasteiger partial charge in [-0.05, 0) is 46.5 Å². The number of rotatable bonds is 3. The number of benzene rings is 1. The molecule has 2 rings (SSSR count). The standard InChI is InChI=1S/C13H18BrFN2/c1-10-8-11(9-12(14)13(10)15)2-5-17-6-3-16-4-7-17/h8-9,16H,2-7H2,1H3. The second kappa shape index (κ2) is 5.94. The van der Waals surface area contributed by atoms with Gasteiger partial charge in [-0.3, -0.25) is 0 Å². The van der Waals surface area contributed by atoms with Gasteiger partial charge in [0.2, 0.25) is 0 Å². The first kappa shape index (κ1) is 13.0. The quantitative estimate of drug-likeness (QED) is 0.922. The first-order chi connectivity index (χ1) is 8.16. The summed E-state index contributed by atoms with van der Waals surface area (Å²) in [6, 6.07) is 3.84. The van der Waals surface area contributed by atoms with E-state index < -0.39 is 0 Å². The molecule has 4 heteroatoms. The van der Waals surface area contributed by atoms with Gasteiger partial charge < -0.3 is 10.2 Å². The maximum Gasteiger partial charge on any atom is 0.140 e. The molecule has 0 aliphatic carbocycles. The van der Waals surface area contributed by atoms with Crippen LogP contribution in [0.2, 0.25) is 0 Å². The van der Waals surface area contributed by atoms with Crippen LogP contribution < -0.4 is 5.32 Å². The molecule has 2 nitrogen and oxygen atoms in total. The zero-order valence-corrected chi connectivity index (χ0v) is 11.7. The predicted molar refractivity (Wildman–Crippen MR) is 71.9 cm³/mol. The molecule has 17 heavy (non-hydrogen) atoms. The molecule has 1 fully saturated rings. The van der Waals surface area contributed by atoms with E-state index in [0.717, 1.165) is 44.7 Å². The fourth-order valence-electron chi connectivity index (χ4n) is 2.16. The minimum absolute atomic E-state index is 0.143. The number of nitrogens with one attached hydrogen (secondary N) is 1. The van der Waals surface area contributed by atoms with Gasteiger partial charge in [-0.25, -0.2) is 4.39 Å². The molecule has 1 heterocycles. The van der Waals surface area contributed by atoms with Crippen molar-refractivity contribution in [2.75, 3.05) is 32.7 Å². The van der Waals surface area contributed by atoms with Crippen molar-refractivity contribution in [3.8, 4) is 0 Å². The maximum absolute atomic E-state index is 13.4. The van der Waals surface area contributed by atoms with Crippen molar-refractivity contribution in [2.24, 2.45) is 0 Å². The van der Waals surface area contributed by atoms with Gasteiger partial charge in [0.1, 0.15) is 5.82 Å². The molecule has 1 aliphatic heterocycles. The first-order valence-electron chi connectivity index (χ1n) is 6.04. The van der Waals surface area contributed by atoms with Crippen molar-refractivity contribution in [1.29, 1.82) is 0 Å². The topological polar surface area (TPSA) is 15.3 Å². The van der Waals surface area contributed by atoms with Gasteiger partial charge in [0.15, 0.2) is 0 Å². The van der Waals surface area contributed by atoms with Gasteiger partial charge >= 0.3 is 0 Å². The molecule has 0 atom stereocenters. The average molecular weight is 301 g/mol. The van der Waals surface area contributed by atoms with Crippen LogP contribution in [-0.4, -0.2) is 37.6 Å². The van der Waals surface area contributed by atoms with Crippen molar-refractivity contribution in [3.63, 3.8) is 0 Å². The van der Waals surface area contributed by atoms with Crippen LogP contribution in [0.15, 0.2) is 16.6 Å². The predicted octanol–water partition coefficient (Wildman–Crippen LogP) is 2.34. The third kappa shape index (κ3) is 3.50. The fourth-order valence-corrected chi connectivity index (χ4v) is 2.77. The fraction of sp³-hybridized carbons (Fsp3) is 0.538. The molecule has 0 radical (unpaired) electrons. The van der Waals surface area contributed by atoms with E-state index in [2.05, 4.69) is 26.1 Å². The smallest absolute Gasteiger partial charge is 0.140 e. The maximum atomic E-state index is 13.4. The summed E-state index contributed by atoms with van der Waals surface area (Å²) in [5.41, 5.74) is 1.92. The molecule has 1 N–H and O–H groups in total. The lowest BCUT2D eigenvalue weighted by Crippen LogP contribution is -2.44. The molecule has 1 aromatic rings. The summed E-state index contributed by atoms with van der Waals surface area (Å²) in [5.74, 6) is -0.143. The number of hydrogen-bond donors (Lipinski definition) is 1. The second-order valence-electron chi connectivity index (χ2n) is 4.55. The lowest BCUT2D eigenvalue weighted by molar-refractivity contribution is 0.244. The van der Waals surface area contributed by atoms with Crippen LogP contribution in [0, 0.1) is 12.7 Å². The highest BCUT2D eigenvalue weighted by atomic mass is 79.9. The minimum atomic E-state index is -0.143. The Morgan fingerprint density at radius 3 is 2.71 bits per heavy atom. The number of aryl methyl sites for hydroxylation is 1. The van der Waals surface area contributed by atoms with Crippen molar-refractivity contribution in [2.45, 2.75) is 13.3 Å². The Hall–Kier alpha value is -0.450. The molecular weight excluding hydrogens is 283 g/mol. The van der Waals surface area contributed by atoms with Crippen molar-refractivity contribution in [3.05, 3.63) is 33.5 Å². The molecule has 1 aliphatic rings. The Kier molecular flexibility index (Phi) is 4.54. The molecule has 0 bridgehead atoms. The van der Waals surface area contributed by atoms with E-state index in [1.807, 2.05) is 19.1 Å². The lowest BCUT2D eigenvalue weighted by Gasteiger charge is -2.27. The molecule has 0 aromatic heterocycles. The minimum Gasteiger partial charge on any atom is -0.314 e. The van der Waals surface area contributed by atoms with Crippen LogP contribution in [0.5, 0.6) is 0 Å². The molecule has 0 amide bonds. The molecule has 1 aromatic carbocycles. The zero-order chi connectivity index (χ0) is 12.3. The van der Waals surface area contributed by atoms with Gasteiger partial charge in [-0.15, -0.1) is 0 Å². The van der Waals surface area contributed by atoms with Crippen LogP contribution in [0.1, 0.15) is 11.1 Å². The highest BCUT2D eigenvalue weighted by Crippen LogP contribution is 2.21. The molecule has 0 spiro atoms. The van der Waals surface area contributed by atoms with Crippen LogP contribution in [0.25, 0.3) is 0 Å². The van der Waals surface area contributed by atoms with Crippen molar-refractivity contribution >= 4 is 15.9 Å². The van der Waals surface area contributed by atoms with Crippen LogP contribution in [0.3, 0.4) is 0 Å². The summed E-state index contributed by atoms with van der Waals surface area (Å²) in [5, 5.41) is 3.34. The van der Waals surface area contributed by atoms with E-state index >= 15 is 0 Å². The molecule has 0 unspecified atom stereocenters. The van der Waals surface area contributed by atoms with E-state index in [-0.39, 0.29) is 5.82 Å². The Morgan fingerprint density at radius 2 is 2.06 bits per heavy atom. The second-order valence-corrected chi connectivity index (χ2v) is 5.40. The Balaban J connectivity index is 1.94. The molecular formula is C13H18BrFN2. The van der Waals surface area contributed by atoms with Crippen LogP contribution in [-0.2, 0) is 6.42 Å².